The Kier molecular flexibility index (Phi) is 8.83. The summed E-state index contributed by atoms with van der Waals surface area (Å²) in [6.45, 7) is 0.136. The van der Waals surface area contributed by atoms with Gasteiger partial charge in [-0.3, -0.25) is 19.2 Å². The Morgan fingerprint density at radius 2 is 1.64 bits per heavy atom. The van der Waals surface area contributed by atoms with E-state index in [1.54, 1.807) is 55.6 Å². The minimum absolute atomic E-state index is 0.137. The summed E-state index contributed by atoms with van der Waals surface area (Å²) < 4.78 is 0. The average Bonchev–Trinajstić information content (AvgIpc) is 2.94. The second kappa shape index (κ2) is 12.4. The maximum absolute atomic E-state index is 13.4. The zero-order valence-electron chi connectivity index (χ0n) is 21.5. The van der Waals surface area contributed by atoms with Crippen molar-refractivity contribution < 1.29 is 19.2 Å². The van der Waals surface area contributed by atoms with Gasteiger partial charge in [0, 0.05) is 48.5 Å². The number of carbonyl (C=O) groups excluding carboxylic acids is 4. The molecular weight excluding hydrogens is 518 g/mol. The molecule has 9 nitrogen and oxygen atoms in total. The number of halogens is 1. The van der Waals surface area contributed by atoms with Crippen molar-refractivity contribution in [3.63, 3.8) is 0 Å². The molecule has 0 saturated carbocycles. The Morgan fingerprint density at radius 3 is 2.28 bits per heavy atom. The fraction of sp³-hybridized carbons (Fsp3) is 0.241. The summed E-state index contributed by atoms with van der Waals surface area (Å²) in [5.41, 5.74) is 8.18. The number of hydrogen-bond acceptors (Lipinski definition) is 5. The normalized spacial score (nSPS) is 14.1. The number of nitrogens with one attached hydrogen (secondary N) is 1. The Labute approximate surface area is 232 Å². The topological polar surface area (TPSA) is 116 Å². The highest BCUT2D eigenvalue weighted by Crippen LogP contribution is 2.18. The van der Waals surface area contributed by atoms with Gasteiger partial charge in [-0.15, -0.1) is 0 Å². The SMILES string of the molecule is CN(C(=O)[C@H](Cc1ccccc1)NC(=O)CN1CCN(C(=O)c2ccc(N)cc2)CC1=O)c1ccc(Cl)cc1. The molecule has 0 radical (unpaired) electrons. The summed E-state index contributed by atoms with van der Waals surface area (Å²) in [6.07, 6.45) is 0.279. The van der Waals surface area contributed by atoms with Crippen LogP contribution < -0.4 is 16.0 Å². The average molecular weight is 548 g/mol. The minimum Gasteiger partial charge on any atom is -0.399 e. The standard InChI is InChI=1S/C29H30ClN5O4/c1-33(24-13-9-22(30)10-14-24)29(39)25(17-20-5-3-2-4-6-20)32-26(36)18-34-15-16-35(19-27(34)37)28(38)21-7-11-23(31)12-8-21/h2-14,25H,15-19,31H2,1H3,(H,32,36)/t25-/m0/s1. The number of nitrogen functional groups attached to an aromatic ring is 1. The van der Waals surface area contributed by atoms with E-state index in [2.05, 4.69) is 5.32 Å². The van der Waals surface area contributed by atoms with Crippen LogP contribution in [-0.4, -0.2) is 72.7 Å². The summed E-state index contributed by atoms with van der Waals surface area (Å²) in [7, 11) is 1.64. The van der Waals surface area contributed by atoms with Gasteiger partial charge in [0.25, 0.3) is 5.91 Å². The van der Waals surface area contributed by atoms with Gasteiger partial charge in [-0.05, 0) is 54.1 Å². The maximum atomic E-state index is 13.4. The van der Waals surface area contributed by atoms with Crippen molar-refractivity contribution in [3.05, 3.63) is 95.0 Å². The lowest BCUT2D eigenvalue weighted by Gasteiger charge is -2.34. The fourth-order valence-electron chi connectivity index (χ4n) is 4.35. The predicted octanol–water partition coefficient (Wildman–Crippen LogP) is 2.60. The molecule has 1 aliphatic heterocycles. The lowest BCUT2D eigenvalue weighted by atomic mass is 10.0. The summed E-state index contributed by atoms with van der Waals surface area (Å²) >= 11 is 5.98. The van der Waals surface area contributed by atoms with E-state index in [-0.39, 0.29) is 50.3 Å². The van der Waals surface area contributed by atoms with Gasteiger partial charge in [0.15, 0.2) is 0 Å². The molecule has 0 aliphatic carbocycles. The first-order valence-corrected chi connectivity index (χ1v) is 12.9. The van der Waals surface area contributed by atoms with E-state index >= 15 is 0 Å². The Bertz CT molecular complexity index is 1330. The van der Waals surface area contributed by atoms with Crippen molar-refractivity contribution >= 4 is 46.6 Å². The molecule has 3 aromatic rings. The van der Waals surface area contributed by atoms with E-state index in [0.29, 0.717) is 22.0 Å². The number of hydrogen-bond donors (Lipinski definition) is 2. The van der Waals surface area contributed by atoms with Gasteiger partial charge in [-0.1, -0.05) is 41.9 Å². The molecule has 0 bridgehead atoms. The summed E-state index contributed by atoms with van der Waals surface area (Å²) in [5, 5.41) is 3.37. The first-order chi connectivity index (χ1) is 18.7. The third-order valence-corrected chi connectivity index (χ3v) is 6.81. The van der Waals surface area contributed by atoms with Crippen molar-refractivity contribution in [3.8, 4) is 0 Å². The van der Waals surface area contributed by atoms with E-state index in [1.807, 2.05) is 30.3 Å². The molecule has 1 heterocycles. The highest BCUT2D eigenvalue weighted by molar-refractivity contribution is 6.30. The molecule has 10 heteroatoms. The van der Waals surface area contributed by atoms with Crippen LogP contribution in [0.25, 0.3) is 0 Å². The van der Waals surface area contributed by atoms with Crippen LogP contribution in [0.2, 0.25) is 5.02 Å². The molecule has 1 aliphatic rings. The van der Waals surface area contributed by atoms with Gasteiger partial charge < -0.3 is 25.8 Å². The number of anilines is 2. The molecule has 1 atom stereocenters. The summed E-state index contributed by atoms with van der Waals surface area (Å²) in [6, 6.07) is 21.9. The largest absolute Gasteiger partial charge is 0.399 e. The van der Waals surface area contributed by atoms with E-state index in [9.17, 15) is 19.2 Å². The molecule has 4 rings (SSSR count). The second-order valence-electron chi connectivity index (χ2n) is 9.35. The van der Waals surface area contributed by atoms with Crippen molar-refractivity contribution in [1.82, 2.24) is 15.1 Å². The van der Waals surface area contributed by atoms with Crippen molar-refractivity contribution in [2.24, 2.45) is 0 Å². The molecule has 1 saturated heterocycles. The molecule has 39 heavy (non-hydrogen) atoms. The number of nitrogens with two attached hydrogens (primary N) is 1. The van der Waals surface area contributed by atoms with Crippen molar-refractivity contribution in [2.45, 2.75) is 12.5 Å². The monoisotopic (exact) mass is 547 g/mol. The zero-order valence-corrected chi connectivity index (χ0v) is 22.3. The minimum atomic E-state index is -0.857. The van der Waals surface area contributed by atoms with Crippen molar-refractivity contribution in [2.75, 3.05) is 43.9 Å². The van der Waals surface area contributed by atoms with Gasteiger partial charge in [-0.25, -0.2) is 0 Å². The summed E-state index contributed by atoms with van der Waals surface area (Å²) in [4.78, 5) is 56.4. The van der Waals surface area contributed by atoms with Gasteiger partial charge in [0.2, 0.25) is 17.7 Å². The smallest absolute Gasteiger partial charge is 0.254 e. The number of nitrogens with zero attached hydrogens (tertiary/aromatic N) is 3. The van der Waals surface area contributed by atoms with Crippen LogP contribution >= 0.6 is 11.6 Å². The molecular formula is C29H30ClN5O4. The molecule has 0 unspecified atom stereocenters. The zero-order chi connectivity index (χ0) is 27.9. The maximum Gasteiger partial charge on any atom is 0.254 e. The van der Waals surface area contributed by atoms with E-state index in [1.165, 1.54) is 14.7 Å². The molecule has 1 fully saturated rings. The number of rotatable bonds is 8. The van der Waals surface area contributed by atoms with E-state index in [0.717, 1.165) is 5.56 Å². The number of likely N-dealkylation sites (N-methyl/N-ethyl adjacent to an activating group) is 1. The Hall–Kier alpha value is -4.37. The van der Waals surface area contributed by atoms with Crippen molar-refractivity contribution in [1.29, 1.82) is 0 Å². The van der Waals surface area contributed by atoms with Gasteiger partial charge >= 0.3 is 0 Å². The highest BCUT2D eigenvalue weighted by Gasteiger charge is 2.31. The lowest BCUT2D eigenvalue weighted by molar-refractivity contribution is -0.139. The molecule has 3 aromatic carbocycles. The van der Waals surface area contributed by atoms with Gasteiger partial charge in [-0.2, -0.15) is 0 Å². The second-order valence-corrected chi connectivity index (χ2v) is 9.78. The Morgan fingerprint density at radius 1 is 0.974 bits per heavy atom. The first-order valence-electron chi connectivity index (χ1n) is 12.5. The molecule has 202 valence electrons. The molecule has 0 aromatic heterocycles. The summed E-state index contributed by atoms with van der Waals surface area (Å²) in [5.74, 6) is -1.38. The quantitative estimate of drug-likeness (QED) is 0.421. The molecule has 4 amide bonds. The van der Waals surface area contributed by atoms with Crippen LogP contribution in [0.15, 0.2) is 78.9 Å². The lowest BCUT2D eigenvalue weighted by Crippen LogP contribution is -2.56. The van der Waals surface area contributed by atoms with Crippen LogP contribution in [0.5, 0.6) is 0 Å². The predicted molar refractivity (Wildman–Crippen MR) is 150 cm³/mol. The van der Waals surface area contributed by atoms with Crippen LogP contribution in [0, 0.1) is 0 Å². The van der Waals surface area contributed by atoms with Crippen LogP contribution in [0.1, 0.15) is 15.9 Å². The number of carbonyl (C=O) groups is 4. The number of piperazine rings is 1. The third-order valence-electron chi connectivity index (χ3n) is 6.56. The molecule has 0 spiro atoms. The fourth-order valence-corrected chi connectivity index (χ4v) is 4.47. The highest BCUT2D eigenvalue weighted by atomic mass is 35.5. The third kappa shape index (κ3) is 7.14. The number of benzene rings is 3. The van der Waals surface area contributed by atoms with E-state index < -0.39 is 11.9 Å². The molecule has 3 N–H and O–H groups in total. The number of amides is 4. The van der Waals surface area contributed by atoms with E-state index in [4.69, 9.17) is 17.3 Å². The first kappa shape index (κ1) is 27.7. The van der Waals surface area contributed by atoms with Crippen LogP contribution in [0.4, 0.5) is 11.4 Å². The van der Waals surface area contributed by atoms with Crippen LogP contribution in [0.3, 0.4) is 0 Å². The van der Waals surface area contributed by atoms with Gasteiger partial charge in [0.05, 0.1) is 6.54 Å². The Balaban J connectivity index is 1.40. The van der Waals surface area contributed by atoms with Gasteiger partial charge in [0.1, 0.15) is 12.6 Å². The van der Waals surface area contributed by atoms with Crippen LogP contribution in [-0.2, 0) is 20.8 Å².